The van der Waals surface area contributed by atoms with E-state index in [9.17, 15) is 19.4 Å². The highest BCUT2D eigenvalue weighted by Crippen LogP contribution is 2.38. The number of aromatic nitrogens is 3. The van der Waals surface area contributed by atoms with Gasteiger partial charge in [0.1, 0.15) is 17.4 Å². The molecule has 198 valence electrons. The van der Waals surface area contributed by atoms with E-state index in [0.717, 1.165) is 69.3 Å². The second-order valence-electron chi connectivity index (χ2n) is 10.1. The van der Waals surface area contributed by atoms with Crippen LogP contribution in [0.4, 0.5) is 4.39 Å². The van der Waals surface area contributed by atoms with Crippen LogP contribution in [-0.4, -0.2) is 30.7 Å². The van der Waals surface area contributed by atoms with Crippen LogP contribution in [0.1, 0.15) is 64.0 Å². The van der Waals surface area contributed by atoms with Gasteiger partial charge >= 0.3 is 5.97 Å². The molecule has 1 fully saturated rings. The molecule has 39 heavy (non-hydrogen) atoms. The molecular formula is C31H28FN3O3S. The molecule has 1 aliphatic carbocycles. The largest absolute Gasteiger partial charge is 0.508 e. The number of nitrogens with zero attached hydrogens (tertiary/aromatic N) is 3. The van der Waals surface area contributed by atoms with Crippen LogP contribution in [0.25, 0.3) is 33.7 Å². The normalized spacial score (nSPS) is 14.2. The van der Waals surface area contributed by atoms with Gasteiger partial charge < -0.3 is 14.8 Å². The topological polar surface area (TPSA) is 88.2 Å². The molecule has 6 nitrogen and oxygen atoms in total. The molecule has 2 aromatic heterocycles. The summed E-state index contributed by atoms with van der Waals surface area (Å²) in [6, 6.07) is 17.3. The molecule has 0 bridgehead atoms. The zero-order chi connectivity index (χ0) is 27.1. The first-order valence-corrected chi connectivity index (χ1v) is 14.0. The number of phenols is 1. The molecule has 1 aliphatic rings. The van der Waals surface area contributed by atoms with Crippen LogP contribution in [0, 0.1) is 12.7 Å². The Kier molecular flexibility index (Phi) is 6.64. The lowest BCUT2D eigenvalue weighted by molar-refractivity contribution is 0.0697. The summed E-state index contributed by atoms with van der Waals surface area (Å²) in [5.74, 6) is -0.313. The number of hydrogen-bond donors (Lipinski definition) is 2. The number of aromatic carboxylic acids is 1. The molecule has 0 amide bonds. The molecule has 3 aromatic carbocycles. The van der Waals surface area contributed by atoms with E-state index < -0.39 is 5.97 Å². The number of hydrogen-bond acceptors (Lipinski definition) is 5. The third-order valence-corrected chi connectivity index (χ3v) is 8.46. The second-order valence-corrected chi connectivity index (χ2v) is 11.4. The molecule has 0 saturated heterocycles. The SMILES string of the molecule is Cc1nc(-c2ccc(F)cc2)c(Cc2cc(-c3nc4cc(C(=O)O)ccc4n3C3CCCCC3)ccc2O)s1. The number of imidazole rings is 1. The van der Waals surface area contributed by atoms with Crippen LogP contribution in [0.3, 0.4) is 0 Å². The van der Waals surface area contributed by atoms with Crippen molar-refractivity contribution in [1.82, 2.24) is 14.5 Å². The molecule has 6 rings (SSSR count). The number of carboxylic acids is 1. The maximum absolute atomic E-state index is 13.5. The van der Waals surface area contributed by atoms with Crippen molar-refractivity contribution >= 4 is 28.3 Å². The van der Waals surface area contributed by atoms with E-state index in [2.05, 4.69) is 4.57 Å². The first-order chi connectivity index (χ1) is 18.9. The minimum Gasteiger partial charge on any atom is -0.508 e. The van der Waals surface area contributed by atoms with Crippen molar-refractivity contribution in [3.63, 3.8) is 0 Å². The number of carbonyl (C=O) groups is 1. The van der Waals surface area contributed by atoms with Crippen LogP contribution in [-0.2, 0) is 6.42 Å². The Hall–Kier alpha value is -4.04. The second kappa shape index (κ2) is 10.3. The lowest BCUT2D eigenvalue weighted by atomic mass is 9.94. The Morgan fingerprint density at radius 2 is 1.74 bits per heavy atom. The molecule has 2 heterocycles. The predicted octanol–water partition coefficient (Wildman–Crippen LogP) is 7.77. The molecular weight excluding hydrogens is 513 g/mol. The molecule has 0 aliphatic heterocycles. The van der Waals surface area contributed by atoms with Crippen molar-refractivity contribution < 1.29 is 19.4 Å². The standard InChI is InChI=1S/C31H28FN3O3S/c1-18-33-29(19-7-11-23(32)12-8-19)28(39-18)17-22-15-20(10-14-27(22)36)30-34-25-16-21(31(37)38)9-13-26(25)35(30)24-5-3-2-4-6-24/h7-16,24,36H,2-6,17H2,1H3,(H,37,38). The number of fused-ring (bicyclic) bond motifs is 1. The van der Waals surface area contributed by atoms with Crippen molar-refractivity contribution in [1.29, 1.82) is 0 Å². The summed E-state index contributed by atoms with van der Waals surface area (Å²) >= 11 is 1.56. The van der Waals surface area contributed by atoms with Gasteiger partial charge in [-0.25, -0.2) is 19.2 Å². The summed E-state index contributed by atoms with van der Waals surface area (Å²) in [6.45, 7) is 1.94. The summed E-state index contributed by atoms with van der Waals surface area (Å²) in [5, 5.41) is 21.3. The van der Waals surface area contributed by atoms with Gasteiger partial charge in [-0.05, 0) is 86.0 Å². The van der Waals surface area contributed by atoms with Gasteiger partial charge in [-0.15, -0.1) is 11.3 Å². The summed E-state index contributed by atoms with van der Waals surface area (Å²) in [6.07, 6.45) is 6.07. The number of rotatable bonds is 6. The van der Waals surface area contributed by atoms with Gasteiger partial charge in [0.15, 0.2) is 0 Å². The van der Waals surface area contributed by atoms with Crippen LogP contribution >= 0.6 is 11.3 Å². The van der Waals surface area contributed by atoms with E-state index in [1.165, 1.54) is 18.6 Å². The van der Waals surface area contributed by atoms with E-state index in [1.807, 2.05) is 25.1 Å². The van der Waals surface area contributed by atoms with Crippen LogP contribution in [0.2, 0.25) is 0 Å². The minimum atomic E-state index is -0.977. The summed E-state index contributed by atoms with van der Waals surface area (Å²) in [5.41, 5.74) is 5.02. The molecule has 1 saturated carbocycles. The number of aromatic hydroxyl groups is 1. The average Bonchev–Trinajstić information content (AvgIpc) is 3.50. The minimum absolute atomic E-state index is 0.184. The van der Waals surface area contributed by atoms with Gasteiger partial charge in [-0.3, -0.25) is 0 Å². The van der Waals surface area contributed by atoms with E-state index in [0.29, 0.717) is 11.9 Å². The number of aryl methyl sites for hydroxylation is 1. The quantitative estimate of drug-likeness (QED) is 0.229. The Morgan fingerprint density at radius 1 is 1.00 bits per heavy atom. The molecule has 0 unspecified atom stereocenters. The lowest BCUT2D eigenvalue weighted by Crippen LogP contribution is -2.14. The van der Waals surface area contributed by atoms with Crippen molar-refractivity contribution in [3.8, 4) is 28.4 Å². The first kappa shape index (κ1) is 25.2. The fraction of sp³-hybridized carbons (Fsp3) is 0.258. The fourth-order valence-corrected chi connectivity index (χ4v) is 6.59. The monoisotopic (exact) mass is 541 g/mol. The Balaban J connectivity index is 1.44. The molecule has 0 spiro atoms. The van der Waals surface area contributed by atoms with Crippen molar-refractivity contribution in [2.24, 2.45) is 0 Å². The summed E-state index contributed by atoms with van der Waals surface area (Å²) in [7, 11) is 0. The molecule has 5 aromatic rings. The van der Waals surface area contributed by atoms with Gasteiger partial charge in [0.2, 0.25) is 0 Å². The third kappa shape index (κ3) is 4.92. The number of halogens is 1. The highest BCUT2D eigenvalue weighted by molar-refractivity contribution is 7.12. The lowest BCUT2D eigenvalue weighted by Gasteiger charge is -2.26. The highest BCUT2D eigenvalue weighted by Gasteiger charge is 2.24. The molecule has 0 atom stereocenters. The fourth-order valence-electron chi connectivity index (χ4n) is 5.61. The van der Waals surface area contributed by atoms with E-state index in [-0.39, 0.29) is 23.2 Å². The number of carboxylic acid groups (broad SMARTS) is 1. The zero-order valence-corrected chi connectivity index (χ0v) is 22.3. The smallest absolute Gasteiger partial charge is 0.335 e. The summed E-state index contributed by atoms with van der Waals surface area (Å²) in [4.78, 5) is 22.2. The maximum Gasteiger partial charge on any atom is 0.335 e. The van der Waals surface area contributed by atoms with Crippen LogP contribution < -0.4 is 0 Å². The molecule has 0 radical (unpaired) electrons. The highest BCUT2D eigenvalue weighted by atomic mass is 32.1. The van der Waals surface area contributed by atoms with Gasteiger partial charge in [-0.1, -0.05) is 19.3 Å². The van der Waals surface area contributed by atoms with Gasteiger partial charge in [0.25, 0.3) is 0 Å². The number of phenolic OH excluding ortho intramolecular Hbond substituents is 1. The Bertz CT molecular complexity index is 1680. The van der Waals surface area contributed by atoms with E-state index >= 15 is 0 Å². The first-order valence-electron chi connectivity index (χ1n) is 13.2. The molecule has 8 heteroatoms. The number of benzene rings is 3. The van der Waals surface area contributed by atoms with Crippen LogP contribution in [0.15, 0.2) is 60.7 Å². The van der Waals surface area contributed by atoms with E-state index in [4.69, 9.17) is 9.97 Å². The van der Waals surface area contributed by atoms with E-state index in [1.54, 1.807) is 41.7 Å². The van der Waals surface area contributed by atoms with Gasteiger partial charge in [-0.2, -0.15) is 0 Å². The van der Waals surface area contributed by atoms with Gasteiger partial charge in [0, 0.05) is 28.5 Å². The zero-order valence-electron chi connectivity index (χ0n) is 21.5. The third-order valence-electron chi connectivity index (χ3n) is 7.49. The molecule has 2 N–H and O–H groups in total. The van der Waals surface area contributed by atoms with Gasteiger partial charge in [0.05, 0.1) is 27.3 Å². The maximum atomic E-state index is 13.5. The van der Waals surface area contributed by atoms with Crippen molar-refractivity contribution in [3.05, 3.63) is 87.5 Å². The Labute approximate surface area is 229 Å². The van der Waals surface area contributed by atoms with Crippen molar-refractivity contribution in [2.45, 2.75) is 51.5 Å². The predicted molar refractivity (Wildman–Crippen MR) is 151 cm³/mol. The Morgan fingerprint density at radius 3 is 2.49 bits per heavy atom. The summed E-state index contributed by atoms with van der Waals surface area (Å²) < 4.78 is 15.8. The van der Waals surface area contributed by atoms with Crippen molar-refractivity contribution in [2.75, 3.05) is 0 Å². The average molecular weight is 542 g/mol. The van der Waals surface area contributed by atoms with Crippen LogP contribution in [0.5, 0.6) is 5.75 Å². The number of thiazole rings is 1.